The molecule has 0 atom stereocenters. The molecule has 0 bridgehead atoms. The molecule has 1 aliphatic rings. The van der Waals surface area contributed by atoms with Crippen LogP contribution in [0.1, 0.15) is 34.9 Å². The number of benzene rings is 1. The summed E-state index contributed by atoms with van der Waals surface area (Å²) in [5.41, 5.74) is 0.383. The molecule has 0 spiro atoms. The number of ether oxygens (including phenoxy) is 2. The van der Waals surface area contributed by atoms with Gasteiger partial charge in [-0.05, 0) is 38.1 Å². The Labute approximate surface area is 146 Å². The van der Waals surface area contributed by atoms with Crippen molar-refractivity contribution in [1.29, 1.82) is 0 Å². The zero-order valence-corrected chi connectivity index (χ0v) is 14.7. The minimum Gasteiger partial charge on any atom is -0.493 e. The van der Waals surface area contributed by atoms with Gasteiger partial charge in [-0.2, -0.15) is 10.1 Å². The van der Waals surface area contributed by atoms with Crippen molar-refractivity contribution in [2.45, 2.75) is 18.8 Å². The van der Waals surface area contributed by atoms with Crippen LogP contribution in [0.25, 0.3) is 0 Å². The van der Waals surface area contributed by atoms with Crippen molar-refractivity contribution < 1.29 is 14.3 Å². The summed E-state index contributed by atoms with van der Waals surface area (Å²) in [6, 6.07) is 5.17. The number of para-hydroxylation sites is 1. The average Bonchev–Trinajstić information content (AvgIpc) is 3.02. The van der Waals surface area contributed by atoms with Crippen LogP contribution in [-0.2, 0) is 7.05 Å². The molecule has 0 unspecified atom stereocenters. The van der Waals surface area contributed by atoms with Gasteiger partial charge >= 0.3 is 0 Å². The molecular weight excluding hydrogens is 322 g/mol. The molecule has 8 nitrogen and oxygen atoms in total. The third kappa shape index (κ3) is 3.58. The van der Waals surface area contributed by atoms with Crippen LogP contribution in [0.5, 0.6) is 11.5 Å². The molecule has 1 amide bonds. The fourth-order valence-corrected chi connectivity index (χ4v) is 3.00. The number of carbonyl (C=O) groups is 1. The normalized spacial score (nSPS) is 15.0. The Balaban J connectivity index is 1.81. The van der Waals surface area contributed by atoms with E-state index in [-0.39, 0.29) is 5.91 Å². The molecular formula is C17H23N5O3. The number of aromatic nitrogens is 3. The Kier molecular flexibility index (Phi) is 5.18. The Morgan fingerprint density at radius 3 is 2.72 bits per heavy atom. The highest BCUT2D eigenvalue weighted by atomic mass is 16.5. The minimum atomic E-state index is -0.317. The van der Waals surface area contributed by atoms with Crippen LogP contribution in [0, 0.1) is 0 Å². The quantitative estimate of drug-likeness (QED) is 0.854. The first-order chi connectivity index (χ1) is 12.1. The molecule has 0 saturated carbocycles. The number of nitrogens with zero attached hydrogens (tertiary/aromatic N) is 3. The van der Waals surface area contributed by atoms with Crippen LogP contribution in [0.15, 0.2) is 18.2 Å². The van der Waals surface area contributed by atoms with E-state index in [1.165, 1.54) is 14.2 Å². The van der Waals surface area contributed by atoms with Crippen LogP contribution in [0.4, 0.5) is 5.95 Å². The van der Waals surface area contributed by atoms with Gasteiger partial charge < -0.3 is 14.8 Å². The van der Waals surface area contributed by atoms with Gasteiger partial charge in [0.2, 0.25) is 5.95 Å². The molecule has 1 aromatic carbocycles. The minimum absolute atomic E-state index is 0.317. The summed E-state index contributed by atoms with van der Waals surface area (Å²) >= 11 is 0. The topological polar surface area (TPSA) is 90.3 Å². The summed E-state index contributed by atoms with van der Waals surface area (Å²) in [5.74, 6) is 2.10. The third-order valence-electron chi connectivity index (χ3n) is 4.36. The Morgan fingerprint density at radius 2 is 2.04 bits per heavy atom. The van der Waals surface area contributed by atoms with Gasteiger partial charge in [0.05, 0.1) is 19.8 Å². The standard InChI is InChI=1S/C17H23N5O3/c1-22-17(19-15(21-22)11-7-9-18-10-8-11)20-16(23)12-5-4-6-13(24-2)14(12)25-3/h4-6,11,18H,7-10H2,1-3H3,(H,19,20,21,23). The number of piperidine rings is 1. The molecule has 2 heterocycles. The van der Waals surface area contributed by atoms with Gasteiger partial charge in [-0.1, -0.05) is 6.07 Å². The van der Waals surface area contributed by atoms with Crippen LogP contribution in [0.2, 0.25) is 0 Å². The maximum Gasteiger partial charge on any atom is 0.261 e. The van der Waals surface area contributed by atoms with Gasteiger partial charge in [0.25, 0.3) is 5.91 Å². The van der Waals surface area contributed by atoms with Crippen molar-refractivity contribution in [3.8, 4) is 11.5 Å². The van der Waals surface area contributed by atoms with Gasteiger partial charge in [-0.25, -0.2) is 4.68 Å². The van der Waals surface area contributed by atoms with E-state index in [1.807, 2.05) is 0 Å². The lowest BCUT2D eigenvalue weighted by Crippen LogP contribution is -2.27. The number of nitrogens with one attached hydrogen (secondary N) is 2. The number of hydrogen-bond acceptors (Lipinski definition) is 6. The highest BCUT2D eigenvalue weighted by molar-refractivity contribution is 6.06. The molecule has 1 aliphatic heterocycles. The van der Waals surface area contributed by atoms with E-state index >= 15 is 0 Å². The van der Waals surface area contributed by atoms with Crippen LogP contribution in [-0.4, -0.2) is 48.0 Å². The summed E-state index contributed by atoms with van der Waals surface area (Å²) < 4.78 is 12.2. The molecule has 0 aliphatic carbocycles. The second kappa shape index (κ2) is 7.52. The predicted molar refractivity (Wildman–Crippen MR) is 93.3 cm³/mol. The summed E-state index contributed by atoms with van der Waals surface area (Å²) in [7, 11) is 4.82. The number of methoxy groups -OCH3 is 2. The number of carbonyl (C=O) groups excluding carboxylic acids is 1. The van der Waals surface area contributed by atoms with Crippen LogP contribution >= 0.6 is 0 Å². The highest BCUT2D eigenvalue weighted by Crippen LogP contribution is 2.31. The maximum atomic E-state index is 12.7. The second-order valence-corrected chi connectivity index (χ2v) is 5.94. The number of rotatable bonds is 5. The summed E-state index contributed by atoms with van der Waals surface area (Å²) in [4.78, 5) is 17.2. The number of anilines is 1. The van der Waals surface area contributed by atoms with Crippen molar-refractivity contribution in [3.63, 3.8) is 0 Å². The van der Waals surface area contributed by atoms with Crippen molar-refractivity contribution in [3.05, 3.63) is 29.6 Å². The van der Waals surface area contributed by atoms with E-state index in [0.29, 0.717) is 28.9 Å². The van der Waals surface area contributed by atoms with Crippen LogP contribution in [0.3, 0.4) is 0 Å². The molecule has 2 aromatic rings. The van der Waals surface area contributed by atoms with Crippen molar-refractivity contribution >= 4 is 11.9 Å². The molecule has 1 fully saturated rings. The molecule has 8 heteroatoms. The Bertz CT molecular complexity index is 753. The second-order valence-electron chi connectivity index (χ2n) is 5.94. The lowest BCUT2D eigenvalue weighted by atomic mass is 9.98. The largest absolute Gasteiger partial charge is 0.493 e. The summed E-state index contributed by atoms with van der Waals surface area (Å²) in [5, 5.41) is 10.6. The molecule has 0 radical (unpaired) electrons. The smallest absolute Gasteiger partial charge is 0.261 e. The van der Waals surface area contributed by atoms with E-state index in [2.05, 4.69) is 20.7 Å². The first-order valence-electron chi connectivity index (χ1n) is 8.28. The Morgan fingerprint density at radius 1 is 1.28 bits per heavy atom. The first kappa shape index (κ1) is 17.2. The fourth-order valence-electron chi connectivity index (χ4n) is 3.00. The van der Waals surface area contributed by atoms with E-state index in [0.717, 1.165) is 31.8 Å². The van der Waals surface area contributed by atoms with Crippen LogP contribution < -0.4 is 20.1 Å². The lowest BCUT2D eigenvalue weighted by Gasteiger charge is -2.19. The van der Waals surface area contributed by atoms with E-state index in [1.54, 1.807) is 29.9 Å². The number of aryl methyl sites for hydroxylation is 1. The van der Waals surface area contributed by atoms with Gasteiger partial charge in [-0.15, -0.1) is 0 Å². The van der Waals surface area contributed by atoms with Gasteiger partial charge in [0, 0.05) is 13.0 Å². The monoisotopic (exact) mass is 345 g/mol. The number of hydrogen-bond donors (Lipinski definition) is 2. The van der Waals surface area contributed by atoms with E-state index < -0.39 is 0 Å². The number of amides is 1. The molecule has 1 aromatic heterocycles. The SMILES string of the molecule is COc1cccc(C(=O)Nc2nc(C3CCNCC3)nn2C)c1OC. The van der Waals surface area contributed by atoms with Crippen molar-refractivity contribution in [2.75, 3.05) is 32.6 Å². The zero-order chi connectivity index (χ0) is 17.8. The van der Waals surface area contributed by atoms with Crippen molar-refractivity contribution in [1.82, 2.24) is 20.1 Å². The summed E-state index contributed by atoms with van der Waals surface area (Å²) in [6.07, 6.45) is 2.00. The summed E-state index contributed by atoms with van der Waals surface area (Å²) in [6.45, 7) is 1.93. The third-order valence-corrected chi connectivity index (χ3v) is 4.36. The molecule has 134 valence electrons. The van der Waals surface area contributed by atoms with Gasteiger partial charge in [0.15, 0.2) is 17.3 Å². The molecule has 25 heavy (non-hydrogen) atoms. The lowest BCUT2D eigenvalue weighted by molar-refractivity contribution is 0.102. The van der Waals surface area contributed by atoms with Crippen molar-refractivity contribution in [2.24, 2.45) is 7.05 Å². The van der Waals surface area contributed by atoms with E-state index in [4.69, 9.17) is 9.47 Å². The highest BCUT2D eigenvalue weighted by Gasteiger charge is 2.23. The first-order valence-corrected chi connectivity index (χ1v) is 8.28. The van der Waals surface area contributed by atoms with Gasteiger partial charge in [0.1, 0.15) is 0 Å². The average molecular weight is 345 g/mol. The van der Waals surface area contributed by atoms with Gasteiger partial charge in [-0.3, -0.25) is 10.1 Å². The Hall–Kier alpha value is -2.61. The fraction of sp³-hybridized carbons (Fsp3) is 0.471. The molecule has 3 rings (SSSR count). The maximum absolute atomic E-state index is 12.7. The zero-order valence-electron chi connectivity index (χ0n) is 14.7. The van der Waals surface area contributed by atoms with E-state index in [9.17, 15) is 4.79 Å². The molecule has 2 N–H and O–H groups in total. The predicted octanol–water partition coefficient (Wildman–Crippen LogP) is 1.55. The molecule has 1 saturated heterocycles.